The van der Waals surface area contributed by atoms with Gasteiger partial charge in [0.15, 0.2) is 6.10 Å². The van der Waals surface area contributed by atoms with E-state index in [0.717, 1.165) is 30.2 Å². The van der Waals surface area contributed by atoms with Crippen molar-refractivity contribution in [2.24, 2.45) is 0 Å². The summed E-state index contributed by atoms with van der Waals surface area (Å²) in [6, 6.07) is 15.5. The van der Waals surface area contributed by atoms with Crippen LogP contribution in [-0.4, -0.2) is 44.4 Å². The fourth-order valence-corrected chi connectivity index (χ4v) is 3.06. The van der Waals surface area contributed by atoms with Gasteiger partial charge in [-0.3, -0.25) is 0 Å². The summed E-state index contributed by atoms with van der Waals surface area (Å²) >= 11 is 5.98. The molecule has 2 atom stereocenters. The van der Waals surface area contributed by atoms with Crippen molar-refractivity contribution < 1.29 is 14.2 Å². The molecule has 0 radical (unpaired) electrons. The number of hydrogen-bond donors (Lipinski definition) is 0. The van der Waals surface area contributed by atoms with E-state index in [4.69, 9.17) is 25.8 Å². The van der Waals surface area contributed by atoms with E-state index in [0.29, 0.717) is 18.2 Å². The van der Waals surface area contributed by atoms with Crippen LogP contribution in [0.5, 0.6) is 11.5 Å². The molecule has 1 heterocycles. The summed E-state index contributed by atoms with van der Waals surface area (Å²) in [6.07, 6.45) is -0.230. The van der Waals surface area contributed by atoms with Crippen LogP contribution in [0.15, 0.2) is 48.5 Å². The number of morpholine rings is 1. The Morgan fingerprint density at radius 1 is 1.12 bits per heavy atom. The van der Waals surface area contributed by atoms with Crippen molar-refractivity contribution in [2.75, 3.05) is 33.4 Å². The summed E-state index contributed by atoms with van der Waals surface area (Å²) in [5, 5.41) is 0.693. The molecule has 0 saturated carbocycles. The van der Waals surface area contributed by atoms with E-state index in [1.54, 1.807) is 0 Å². The molecule has 1 aliphatic rings. The summed E-state index contributed by atoms with van der Waals surface area (Å²) < 4.78 is 17.8. The molecule has 1 saturated heterocycles. The fraction of sp³-hybridized carbons (Fsp3) is 0.400. The zero-order valence-corrected chi connectivity index (χ0v) is 15.4. The number of halogens is 1. The Kier molecular flexibility index (Phi) is 6.19. The Morgan fingerprint density at radius 2 is 1.80 bits per heavy atom. The summed E-state index contributed by atoms with van der Waals surface area (Å²) in [6.45, 7) is 5.10. The number of rotatable bonds is 6. The topological polar surface area (TPSA) is 30.9 Å². The minimum absolute atomic E-state index is 0.0348. The average molecular weight is 362 g/mol. The van der Waals surface area contributed by atoms with Gasteiger partial charge in [-0.2, -0.15) is 0 Å². The Hall–Kier alpha value is -1.75. The van der Waals surface area contributed by atoms with Gasteiger partial charge >= 0.3 is 0 Å². The number of likely N-dealkylation sites (N-methyl/N-ethyl adjacent to an activating group) is 1. The van der Waals surface area contributed by atoms with E-state index >= 15 is 0 Å². The van der Waals surface area contributed by atoms with Gasteiger partial charge < -0.3 is 19.1 Å². The summed E-state index contributed by atoms with van der Waals surface area (Å²) in [7, 11) is 2.10. The first kappa shape index (κ1) is 18.1. The molecule has 4 nitrogen and oxygen atoms in total. The second-order valence-corrected chi connectivity index (χ2v) is 6.60. The molecule has 0 spiro atoms. The molecule has 2 aromatic carbocycles. The monoisotopic (exact) mass is 361 g/mol. The maximum atomic E-state index is 6.29. The van der Waals surface area contributed by atoms with Crippen molar-refractivity contribution >= 4 is 11.6 Å². The third-order valence-corrected chi connectivity index (χ3v) is 4.48. The molecule has 5 heteroatoms. The lowest BCUT2D eigenvalue weighted by Gasteiger charge is -2.35. The Balaban J connectivity index is 1.83. The summed E-state index contributed by atoms with van der Waals surface area (Å²) in [4.78, 5) is 2.26. The Bertz CT molecular complexity index is 660. The molecule has 3 rings (SSSR count). The molecule has 1 fully saturated rings. The van der Waals surface area contributed by atoms with Gasteiger partial charge in [0.1, 0.15) is 17.6 Å². The van der Waals surface area contributed by atoms with Gasteiger partial charge in [0.25, 0.3) is 0 Å². The summed E-state index contributed by atoms with van der Waals surface area (Å²) in [5.74, 6) is 1.64. The predicted molar refractivity (Wildman–Crippen MR) is 99.7 cm³/mol. The normalized spacial score (nSPS) is 19.4. The SMILES string of the molecule is CCOc1ccc(C(Oc2ccc(Cl)cc2)C2CN(C)CCO2)cc1. The molecule has 25 heavy (non-hydrogen) atoms. The van der Waals surface area contributed by atoms with Crippen molar-refractivity contribution in [3.8, 4) is 11.5 Å². The molecule has 0 N–H and O–H groups in total. The highest BCUT2D eigenvalue weighted by Gasteiger charge is 2.30. The van der Waals surface area contributed by atoms with Crippen LogP contribution in [0.25, 0.3) is 0 Å². The molecule has 0 amide bonds. The highest BCUT2D eigenvalue weighted by atomic mass is 35.5. The van der Waals surface area contributed by atoms with Crippen LogP contribution in [0, 0.1) is 0 Å². The third-order valence-electron chi connectivity index (χ3n) is 4.23. The molecule has 0 aliphatic carbocycles. The standard InChI is InChI=1S/C20H24ClNO3/c1-3-23-17-8-4-15(5-9-17)20(19-14-22(2)12-13-24-19)25-18-10-6-16(21)7-11-18/h4-11,19-20H,3,12-14H2,1-2H3. The molecular weight excluding hydrogens is 338 g/mol. The van der Waals surface area contributed by atoms with Crippen molar-refractivity contribution in [3.05, 3.63) is 59.1 Å². The van der Waals surface area contributed by atoms with Crippen LogP contribution in [-0.2, 0) is 4.74 Å². The minimum atomic E-state index is -0.195. The van der Waals surface area contributed by atoms with E-state index in [-0.39, 0.29) is 12.2 Å². The second kappa shape index (κ2) is 8.56. The van der Waals surface area contributed by atoms with Crippen molar-refractivity contribution in [1.29, 1.82) is 0 Å². The van der Waals surface area contributed by atoms with Gasteiger partial charge in [0.2, 0.25) is 0 Å². The first-order valence-electron chi connectivity index (χ1n) is 8.61. The molecule has 0 bridgehead atoms. The van der Waals surface area contributed by atoms with Crippen molar-refractivity contribution in [1.82, 2.24) is 4.90 Å². The lowest BCUT2D eigenvalue weighted by molar-refractivity contribution is -0.0760. The van der Waals surface area contributed by atoms with Gasteiger partial charge in [0.05, 0.1) is 13.2 Å². The Labute approximate surface area is 154 Å². The number of nitrogens with zero attached hydrogens (tertiary/aromatic N) is 1. The number of hydrogen-bond acceptors (Lipinski definition) is 4. The third kappa shape index (κ3) is 4.88. The highest BCUT2D eigenvalue weighted by Crippen LogP contribution is 2.30. The smallest absolute Gasteiger partial charge is 0.151 e. The highest BCUT2D eigenvalue weighted by molar-refractivity contribution is 6.30. The van der Waals surface area contributed by atoms with Gasteiger partial charge in [-0.1, -0.05) is 23.7 Å². The van der Waals surface area contributed by atoms with Gasteiger partial charge in [0, 0.05) is 18.1 Å². The maximum Gasteiger partial charge on any atom is 0.151 e. The van der Waals surface area contributed by atoms with Crippen LogP contribution < -0.4 is 9.47 Å². The van der Waals surface area contributed by atoms with Gasteiger partial charge in [-0.05, 0) is 55.9 Å². The first-order chi connectivity index (χ1) is 12.2. The molecular formula is C20H24ClNO3. The van der Waals surface area contributed by atoms with E-state index in [1.165, 1.54) is 0 Å². The molecule has 2 unspecified atom stereocenters. The van der Waals surface area contributed by atoms with E-state index in [1.807, 2.05) is 55.5 Å². The van der Waals surface area contributed by atoms with E-state index in [2.05, 4.69) is 11.9 Å². The zero-order chi connectivity index (χ0) is 17.6. The maximum absolute atomic E-state index is 6.29. The van der Waals surface area contributed by atoms with Crippen LogP contribution >= 0.6 is 11.6 Å². The van der Waals surface area contributed by atoms with Crippen LogP contribution in [0.1, 0.15) is 18.6 Å². The van der Waals surface area contributed by atoms with E-state index < -0.39 is 0 Å². The average Bonchev–Trinajstić information content (AvgIpc) is 2.62. The quantitative estimate of drug-likeness (QED) is 0.772. The van der Waals surface area contributed by atoms with E-state index in [9.17, 15) is 0 Å². The number of ether oxygens (including phenoxy) is 3. The van der Waals surface area contributed by atoms with Crippen molar-refractivity contribution in [2.45, 2.75) is 19.1 Å². The van der Waals surface area contributed by atoms with Crippen LogP contribution in [0.4, 0.5) is 0 Å². The minimum Gasteiger partial charge on any atom is -0.494 e. The zero-order valence-electron chi connectivity index (χ0n) is 14.7. The van der Waals surface area contributed by atoms with Crippen LogP contribution in [0.3, 0.4) is 0 Å². The largest absolute Gasteiger partial charge is 0.494 e. The molecule has 134 valence electrons. The first-order valence-corrected chi connectivity index (χ1v) is 8.98. The molecule has 0 aromatic heterocycles. The Morgan fingerprint density at radius 3 is 2.44 bits per heavy atom. The van der Waals surface area contributed by atoms with Crippen LogP contribution in [0.2, 0.25) is 5.02 Å². The second-order valence-electron chi connectivity index (χ2n) is 6.17. The van der Waals surface area contributed by atoms with Crippen molar-refractivity contribution in [3.63, 3.8) is 0 Å². The fourth-order valence-electron chi connectivity index (χ4n) is 2.93. The lowest BCUT2D eigenvalue weighted by Crippen LogP contribution is -2.44. The molecule has 1 aliphatic heterocycles. The van der Waals surface area contributed by atoms with Gasteiger partial charge in [-0.25, -0.2) is 0 Å². The summed E-state index contributed by atoms with van der Waals surface area (Å²) in [5.41, 5.74) is 1.07. The van der Waals surface area contributed by atoms with Gasteiger partial charge in [-0.15, -0.1) is 0 Å². The predicted octanol–water partition coefficient (Wildman–Crippen LogP) is 4.19. The molecule has 2 aromatic rings. The lowest BCUT2D eigenvalue weighted by atomic mass is 10.0. The number of benzene rings is 2.